The number of ether oxygens (including phenoxy) is 2. The first kappa shape index (κ1) is 19.0. The van der Waals surface area contributed by atoms with Crippen molar-refractivity contribution in [1.82, 2.24) is 0 Å². The summed E-state index contributed by atoms with van der Waals surface area (Å²) in [6, 6.07) is 0. The number of rotatable bonds is 6. The standard InChI is InChI=1S/C18H32O4/c1-12(2)15(16(19)22-14-9-7-8-10-14)11-13(3)21-17(20)18(4,5)6/h12-15H,7-11H2,1-6H3. The van der Waals surface area contributed by atoms with Gasteiger partial charge in [0.05, 0.1) is 17.4 Å². The van der Waals surface area contributed by atoms with Gasteiger partial charge in [-0.3, -0.25) is 9.59 Å². The van der Waals surface area contributed by atoms with Gasteiger partial charge >= 0.3 is 11.9 Å². The van der Waals surface area contributed by atoms with Crippen LogP contribution in [0.2, 0.25) is 0 Å². The third-order valence-corrected chi connectivity index (χ3v) is 4.20. The maximum absolute atomic E-state index is 12.4. The van der Waals surface area contributed by atoms with Crippen LogP contribution in [-0.4, -0.2) is 24.1 Å². The van der Waals surface area contributed by atoms with E-state index in [1.54, 1.807) is 0 Å². The molecule has 0 heterocycles. The average molecular weight is 312 g/mol. The van der Waals surface area contributed by atoms with E-state index in [0.29, 0.717) is 6.42 Å². The zero-order chi connectivity index (χ0) is 16.9. The molecule has 0 aromatic carbocycles. The molecule has 0 bridgehead atoms. The van der Waals surface area contributed by atoms with Crippen molar-refractivity contribution in [3.63, 3.8) is 0 Å². The van der Waals surface area contributed by atoms with Gasteiger partial charge in [0, 0.05) is 0 Å². The maximum atomic E-state index is 12.4. The lowest BCUT2D eigenvalue weighted by Gasteiger charge is -2.26. The second-order valence-electron chi connectivity index (χ2n) is 7.90. The number of hydrogen-bond donors (Lipinski definition) is 0. The highest BCUT2D eigenvalue weighted by Crippen LogP contribution is 2.27. The zero-order valence-electron chi connectivity index (χ0n) is 15.0. The van der Waals surface area contributed by atoms with Crippen molar-refractivity contribution in [3.8, 4) is 0 Å². The van der Waals surface area contributed by atoms with Crippen LogP contribution in [0.25, 0.3) is 0 Å². The molecule has 2 unspecified atom stereocenters. The fourth-order valence-electron chi connectivity index (χ4n) is 2.66. The Kier molecular flexibility index (Phi) is 6.89. The van der Waals surface area contributed by atoms with Gasteiger partial charge in [-0.25, -0.2) is 0 Å². The van der Waals surface area contributed by atoms with Gasteiger partial charge in [-0.05, 0) is 65.7 Å². The minimum Gasteiger partial charge on any atom is -0.462 e. The highest BCUT2D eigenvalue weighted by atomic mass is 16.6. The molecule has 0 aromatic heterocycles. The van der Waals surface area contributed by atoms with Crippen molar-refractivity contribution in [2.24, 2.45) is 17.3 Å². The molecule has 0 aliphatic heterocycles. The van der Waals surface area contributed by atoms with E-state index in [2.05, 4.69) is 0 Å². The van der Waals surface area contributed by atoms with Crippen LogP contribution in [0.4, 0.5) is 0 Å². The summed E-state index contributed by atoms with van der Waals surface area (Å²) in [6.45, 7) is 11.4. The highest BCUT2D eigenvalue weighted by molar-refractivity contribution is 5.76. The van der Waals surface area contributed by atoms with Gasteiger partial charge in [-0.2, -0.15) is 0 Å². The van der Waals surface area contributed by atoms with Gasteiger partial charge in [-0.1, -0.05) is 13.8 Å². The molecule has 128 valence electrons. The Morgan fingerprint density at radius 3 is 2.09 bits per heavy atom. The molecule has 1 fully saturated rings. The lowest BCUT2D eigenvalue weighted by Crippen LogP contribution is -2.32. The molecule has 0 N–H and O–H groups in total. The van der Waals surface area contributed by atoms with Crippen LogP contribution in [-0.2, 0) is 19.1 Å². The van der Waals surface area contributed by atoms with Crippen molar-refractivity contribution in [3.05, 3.63) is 0 Å². The predicted octanol–water partition coefficient (Wildman–Crippen LogP) is 4.11. The minimum atomic E-state index is -0.522. The van der Waals surface area contributed by atoms with Crippen LogP contribution in [0.3, 0.4) is 0 Å². The molecule has 4 nitrogen and oxygen atoms in total. The summed E-state index contributed by atoms with van der Waals surface area (Å²) in [5.41, 5.74) is -0.522. The van der Waals surface area contributed by atoms with E-state index >= 15 is 0 Å². The van der Waals surface area contributed by atoms with Crippen LogP contribution < -0.4 is 0 Å². The molecule has 0 radical (unpaired) electrons. The third kappa shape index (κ3) is 5.98. The van der Waals surface area contributed by atoms with E-state index in [-0.39, 0.29) is 36.0 Å². The summed E-state index contributed by atoms with van der Waals surface area (Å²) in [5, 5.41) is 0. The Labute approximate surface area is 134 Å². The lowest BCUT2D eigenvalue weighted by molar-refractivity contribution is -0.164. The summed E-state index contributed by atoms with van der Waals surface area (Å²) < 4.78 is 11.1. The summed E-state index contributed by atoms with van der Waals surface area (Å²) in [6.07, 6.45) is 4.56. The molecule has 1 saturated carbocycles. The molecular weight excluding hydrogens is 280 g/mol. The van der Waals surface area contributed by atoms with Gasteiger partial charge < -0.3 is 9.47 Å². The lowest BCUT2D eigenvalue weighted by atomic mass is 9.90. The molecule has 2 atom stereocenters. The molecule has 1 rings (SSSR count). The van der Waals surface area contributed by atoms with Crippen LogP contribution >= 0.6 is 0 Å². The fourth-order valence-corrected chi connectivity index (χ4v) is 2.66. The van der Waals surface area contributed by atoms with Gasteiger partial charge in [-0.15, -0.1) is 0 Å². The quantitative estimate of drug-likeness (QED) is 0.693. The van der Waals surface area contributed by atoms with E-state index in [4.69, 9.17) is 9.47 Å². The minimum absolute atomic E-state index is 0.0844. The van der Waals surface area contributed by atoms with Crippen molar-refractivity contribution < 1.29 is 19.1 Å². The molecule has 1 aliphatic carbocycles. The molecule has 1 aliphatic rings. The largest absolute Gasteiger partial charge is 0.462 e. The summed E-state index contributed by atoms with van der Waals surface area (Å²) in [5.74, 6) is -0.416. The molecule has 0 aromatic rings. The van der Waals surface area contributed by atoms with Gasteiger partial charge in [0.15, 0.2) is 0 Å². The third-order valence-electron chi connectivity index (χ3n) is 4.20. The smallest absolute Gasteiger partial charge is 0.311 e. The van der Waals surface area contributed by atoms with Gasteiger partial charge in [0.2, 0.25) is 0 Å². The van der Waals surface area contributed by atoms with E-state index < -0.39 is 5.41 Å². The van der Waals surface area contributed by atoms with Gasteiger partial charge in [0.25, 0.3) is 0 Å². The SMILES string of the molecule is CC(CC(C(=O)OC1CCCC1)C(C)C)OC(=O)C(C)(C)C. The Hall–Kier alpha value is -1.06. The fraction of sp³-hybridized carbons (Fsp3) is 0.889. The summed E-state index contributed by atoms with van der Waals surface area (Å²) in [7, 11) is 0. The topological polar surface area (TPSA) is 52.6 Å². The second-order valence-corrected chi connectivity index (χ2v) is 7.90. The number of hydrogen-bond acceptors (Lipinski definition) is 4. The Balaban J connectivity index is 2.55. The zero-order valence-corrected chi connectivity index (χ0v) is 15.0. The highest BCUT2D eigenvalue weighted by Gasteiger charge is 2.31. The first-order valence-electron chi connectivity index (χ1n) is 8.52. The first-order valence-corrected chi connectivity index (χ1v) is 8.52. The van der Waals surface area contributed by atoms with Crippen molar-refractivity contribution in [2.75, 3.05) is 0 Å². The molecule has 22 heavy (non-hydrogen) atoms. The van der Waals surface area contributed by atoms with Gasteiger partial charge in [0.1, 0.15) is 6.10 Å². The second kappa shape index (κ2) is 7.98. The Bertz CT molecular complexity index is 375. The molecule has 0 amide bonds. The maximum Gasteiger partial charge on any atom is 0.311 e. The van der Waals surface area contributed by atoms with Crippen molar-refractivity contribution in [2.45, 2.75) is 85.9 Å². The Morgan fingerprint density at radius 2 is 1.64 bits per heavy atom. The molecule has 0 saturated heterocycles. The van der Waals surface area contributed by atoms with E-state index in [0.717, 1.165) is 25.7 Å². The predicted molar refractivity (Wildman–Crippen MR) is 86.3 cm³/mol. The first-order chi connectivity index (χ1) is 10.1. The number of carbonyl (C=O) groups is 2. The molecule has 4 heteroatoms. The normalized spacial score (nSPS) is 19.0. The Morgan fingerprint density at radius 1 is 1.09 bits per heavy atom. The molecule has 0 spiro atoms. The van der Waals surface area contributed by atoms with E-state index in [9.17, 15) is 9.59 Å². The number of carbonyl (C=O) groups excluding carboxylic acids is 2. The summed E-state index contributed by atoms with van der Waals surface area (Å²) in [4.78, 5) is 24.3. The average Bonchev–Trinajstić information content (AvgIpc) is 2.86. The van der Waals surface area contributed by atoms with Crippen molar-refractivity contribution in [1.29, 1.82) is 0 Å². The van der Waals surface area contributed by atoms with Crippen LogP contribution in [0.5, 0.6) is 0 Å². The van der Waals surface area contributed by atoms with Crippen LogP contribution in [0, 0.1) is 17.3 Å². The van der Waals surface area contributed by atoms with Crippen molar-refractivity contribution >= 4 is 11.9 Å². The van der Waals surface area contributed by atoms with Crippen LogP contribution in [0.1, 0.15) is 73.6 Å². The van der Waals surface area contributed by atoms with E-state index in [1.807, 2.05) is 41.5 Å². The van der Waals surface area contributed by atoms with E-state index in [1.165, 1.54) is 0 Å². The monoisotopic (exact) mass is 312 g/mol. The number of esters is 2. The molecular formula is C18H32O4. The van der Waals surface area contributed by atoms with Crippen LogP contribution in [0.15, 0.2) is 0 Å². The summed E-state index contributed by atoms with van der Waals surface area (Å²) >= 11 is 0.